The molecule has 0 amide bonds. The van der Waals surface area contributed by atoms with Crippen LogP contribution in [0.4, 0.5) is 0 Å². The minimum atomic E-state index is -0.620. The first-order chi connectivity index (χ1) is 11.3. The average Bonchev–Trinajstić information content (AvgIpc) is 2.83. The molecule has 4 saturated carbocycles. The van der Waals surface area contributed by atoms with Gasteiger partial charge in [-0.15, -0.1) is 0 Å². The smallest absolute Gasteiger partial charge is 0.303 e. The first-order valence-electron chi connectivity index (χ1n) is 10.2. The van der Waals surface area contributed by atoms with Crippen LogP contribution >= 0.6 is 0 Å². The Morgan fingerprint density at radius 1 is 0.958 bits per heavy atom. The normalized spacial score (nSPS) is 53.8. The molecule has 0 aliphatic heterocycles. The van der Waals surface area contributed by atoms with E-state index in [-0.39, 0.29) is 11.5 Å². The summed E-state index contributed by atoms with van der Waals surface area (Å²) in [5.41, 5.74) is 0.595. The third kappa shape index (κ3) is 2.37. The minimum absolute atomic E-state index is 0.0831. The number of carboxylic acid groups (broad SMARTS) is 1. The molecular formula is C21H34O3. The van der Waals surface area contributed by atoms with Crippen molar-refractivity contribution in [1.82, 2.24) is 0 Å². The van der Waals surface area contributed by atoms with Gasteiger partial charge in [-0.1, -0.05) is 13.8 Å². The fourth-order valence-corrected chi connectivity index (χ4v) is 7.75. The van der Waals surface area contributed by atoms with Crippen LogP contribution in [0.1, 0.15) is 78.1 Å². The van der Waals surface area contributed by atoms with E-state index in [1.165, 1.54) is 38.5 Å². The maximum atomic E-state index is 11.1. The molecule has 0 aromatic carbocycles. The van der Waals surface area contributed by atoms with Crippen LogP contribution in [0.15, 0.2) is 0 Å². The van der Waals surface area contributed by atoms with E-state index in [4.69, 9.17) is 5.11 Å². The maximum Gasteiger partial charge on any atom is 0.303 e. The van der Waals surface area contributed by atoms with Crippen molar-refractivity contribution in [2.24, 2.45) is 40.4 Å². The van der Waals surface area contributed by atoms with E-state index in [2.05, 4.69) is 13.8 Å². The van der Waals surface area contributed by atoms with Gasteiger partial charge in [-0.2, -0.15) is 0 Å². The molecule has 4 aliphatic carbocycles. The number of aliphatic carboxylic acids is 1. The van der Waals surface area contributed by atoms with Gasteiger partial charge in [-0.05, 0) is 98.2 Å². The van der Waals surface area contributed by atoms with Crippen molar-refractivity contribution in [3.05, 3.63) is 0 Å². The number of hydrogen-bond donors (Lipinski definition) is 2. The molecule has 0 radical (unpaired) electrons. The lowest BCUT2D eigenvalue weighted by atomic mass is 9.44. The average molecular weight is 335 g/mol. The summed E-state index contributed by atoms with van der Waals surface area (Å²) in [6.07, 6.45) is 11.1. The Kier molecular flexibility index (Phi) is 4.02. The van der Waals surface area contributed by atoms with Crippen LogP contribution in [0, 0.1) is 40.4 Å². The number of rotatable bonds is 2. The van der Waals surface area contributed by atoms with Crippen LogP contribution < -0.4 is 0 Å². The van der Waals surface area contributed by atoms with Gasteiger partial charge in [0, 0.05) is 6.42 Å². The Bertz CT molecular complexity index is 517. The number of aliphatic hydroxyl groups excluding tert-OH is 1. The van der Waals surface area contributed by atoms with Gasteiger partial charge in [0.25, 0.3) is 0 Å². The first-order valence-corrected chi connectivity index (χ1v) is 10.2. The summed E-state index contributed by atoms with van der Waals surface area (Å²) in [6.45, 7) is 4.88. The van der Waals surface area contributed by atoms with Gasteiger partial charge in [0.05, 0.1) is 6.10 Å². The zero-order valence-electron chi connectivity index (χ0n) is 15.3. The maximum absolute atomic E-state index is 11.1. The SMILES string of the molecule is C[C@]12CC[C@@H](CC(=O)O)C[C@@H]1CC[C@H]1[C@H]2CC[C@]2(C)[C@@H](O)CC[C@@H]12. The third-order valence-corrected chi connectivity index (χ3v) is 9.19. The van der Waals surface area contributed by atoms with Crippen LogP contribution in [-0.2, 0) is 4.79 Å². The van der Waals surface area contributed by atoms with Crippen LogP contribution in [0.5, 0.6) is 0 Å². The third-order valence-electron chi connectivity index (χ3n) is 9.19. The highest BCUT2D eigenvalue weighted by molar-refractivity contribution is 5.67. The number of fused-ring (bicyclic) bond motifs is 5. The predicted octanol–water partition coefficient (Wildman–Crippen LogP) is 4.48. The standard InChI is InChI=1S/C21H34O3/c1-20-9-7-13(12-19(23)24)11-14(20)3-4-15-16-5-6-18(22)21(16,2)10-8-17(15)20/h13-18,22H,3-12H2,1-2H3,(H,23,24)/t13-,14+,15-,16+,17-,18+,20+,21+/m1/s1. The fraction of sp³-hybridized carbons (Fsp3) is 0.952. The molecule has 2 N–H and O–H groups in total. The second kappa shape index (κ2) is 5.72. The second-order valence-electron chi connectivity index (χ2n) is 10.0. The van der Waals surface area contributed by atoms with Gasteiger partial charge < -0.3 is 10.2 Å². The highest BCUT2D eigenvalue weighted by Crippen LogP contribution is 2.66. The zero-order valence-corrected chi connectivity index (χ0v) is 15.3. The molecule has 4 aliphatic rings. The molecular weight excluding hydrogens is 300 g/mol. The van der Waals surface area contributed by atoms with Gasteiger partial charge in [0.15, 0.2) is 0 Å². The van der Waals surface area contributed by atoms with Crippen molar-refractivity contribution in [3.8, 4) is 0 Å². The molecule has 4 fully saturated rings. The Labute approximate surface area is 146 Å². The van der Waals surface area contributed by atoms with Crippen LogP contribution in [-0.4, -0.2) is 22.3 Å². The highest BCUT2D eigenvalue weighted by Gasteiger charge is 2.59. The van der Waals surface area contributed by atoms with Gasteiger partial charge >= 0.3 is 5.97 Å². The van der Waals surface area contributed by atoms with Crippen molar-refractivity contribution >= 4 is 5.97 Å². The lowest BCUT2D eigenvalue weighted by Gasteiger charge is -2.61. The Morgan fingerprint density at radius 3 is 2.42 bits per heavy atom. The minimum Gasteiger partial charge on any atom is -0.481 e. The van der Waals surface area contributed by atoms with E-state index in [1.54, 1.807) is 0 Å². The van der Waals surface area contributed by atoms with Crippen molar-refractivity contribution in [3.63, 3.8) is 0 Å². The summed E-state index contributed by atoms with van der Waals surface area (Å²) in [5, 5.41) is 19.7. The zero-order chi connectivity index (χ0) is 17.1. The van der Waals surface area contributed by atoms with E-state index >= 15 is 0 Å². The van der Waals surface area contributed by atoms with Crippen LogP contribution in [0.2, 0.25) is 0 Å². The summed E-state index contributed by atoms with van der Waals surface area (Å²) in [4.78, 5) is 11.1. The molecule has 136 valence electrons. The summed E-state index contributed by atoms with van der Waals surface area (Å²) >= 11 is 0. The summed E-state index contributed by atoms with van der Waals surface area (Å²) in [5.74, 6) is 2.85. The fourth-order valence-electron chi connectivity index (χ4n) is 7.75. The van der Waals surface area contributed by atoms with Gasteiger partial charge in [0.2, 0.25) is 0 Å². The van der Waals surface area contributed by atoms with Crippen molar-refractivity contribution in [2.45, 2.75) is 84.2 Å². The van der Waals surface area contributed by atoms with Crippen LogP contribution in [0.3, 0.4) is 0 Å². The van der Waals surface area contributed by atoms with Crippen molar-refractivity contribution in [1.29, 1.82) is 0 Å². The Hall–Kier alpha value is -0.570. The molecule has 8 atom stereocenters. The predicted molar refractivity (Wildman–Crippen MR) is 93.5 cm³/mol. The van der Waals surface area contributed by atoms with Gasteiger partial charge in [0.1, 0.15) is 0 Å². The second-order valence-corrected chi connectivity index (χ2v) is 10.0. The topological polar surface area (TPSA) is 57.5 Å². The first kappa shape index (κ1) is 16.9. The Balaban J connectivity index is 1.53. The van der Waals surface area contributed by atoms with Crippen LogP contribution in [0.25, 0.3) is 0 Å². The number of carbonyl (C=O) groups is 1. The summed E-state index contributed by atoms with van der Waals surface area (Å²) in [6, 6.07) is 0. The number of aliphatic hydroxyl groups is 1. The van der Waals surface area contributed by atoms with E-state index in [9.17, 15) is 9.90 Å². The molecule has 0 saturated heterocycles. The molecule has 0 heterocycles. The van der Waals surface area contributed by atoms with E-state index in [0.717, 1.165) is 42.9 Å². The van der Waals surface area contributed by atoms with E-state index in [1.807, 2.05) is 0 Å². The molecule has 0 aromatic rings. The highest BCUT2D eigenvalue weighted by atomic mass is 16.4. The quantitative estimate of drug-likeness (QED) is 0.783. The van der Waals surface area contributed by atoms with Crippen molar-refractivity contribution in [2.75, 3.05) is 0 Å². The van der Waals surface area contributed by atoms with Gasteiger partial charge in [-0.25, -0.2) is 0 Å². The molecule has 0 unspecified atom stereocenters. The molecule has 24 heavy (non-hydrogen) atoms. The number of hydrogen-bond acceptors (Lipinski definition) is 2. The Morgan fingerprint density at radius 2 is 1.67 bits per heavy atom. The summed E-state index contributed by atoms with van der Waals surface area (Å²) in [7, 11) is 0. The van der Waals surface area contributed by atoms with Crippen molar-refractivity contribution < 1.29 is 15.0 Å². The lowest BCUT2D eigenvalue weighted by Crippen LogP contribution is -2.54. The lowest BCUT2D eigenvalue weighted by molar-refractivity contribution is -0.142. The molecule has 0 spiro atoms. The molecule has 0 aromatic heterocycles. The molecule has 4 rings (SSSR count). The molecule has 3 nitrogen and oxygen atoms in total. The van der Waals surface area contributed by atoms with E-state index < -0.39 is 5.97 Å². The summed E-state index contributed by atoms with van der Waals surface area (Å²) < 4.78 is 0. The van der Waals surface area contributed by atoms with Gasteiger partial charge in [-0.3, -0.25) is 4.79 Å². The molecule has 0 bridgehead atoms. The monoisotopic (exact) mass is 334 g/mol. The largest absolute Gasteiger partial charge is 0.481 e. The van der Waals surface area contributed by atoms with E-state index in [0.29, 0.717) is 17.8 Å². The number of carboxylic acids is 1. The molecule has 3 heteroatoms.